The maximum absolute atomic E-state index is 13.0. The minimum Gasteiger partial charge on any atom is -0.368 e. The van der Waals surface area contributed by atoms with Crippen LogP contribution in [0.3, 0.4) is 0 Å². The van der Waals surface area contributed by atoms with Crippen molar-refractivity contribution in [3.05, 3.63) is 60.0 Å². The summed E-state index contributed by atoms with van der Waals surface area (Å²) in [5, 5.41) is 7.84. The van der Waals surface area contributed by atoms with E-state index in [2.05, 4.69) is 15.4 Å². The van der Waals surface area contributed by atoms with E-state index in [1.807, 2.05) is 24.3 Å². The Kier molecular flexibility index (Phi) is 4.43. The largest absolute Gasteiger partial charge is 0.368 e. The van der Waals surface area contributed by atoms with Gasteiger partial charge in [0.25, 0.3) is 0 Å². The van der Waals surface area contributed by atoms with Gasteiger partial charge in [-0.2, -0.15) is 0 Å². The predicted octanol–water partition coefficient (Wildman–Crippen LogP) is 3.00. The number of hydrogen-bond acceptors (Lipinski definition) is 4. The predicted molar refractivity (Wildman–Crippen MR) is 96.4 cm³/mol. The van der Waals surface area contributed by atoms with Gasteiger partial charge in [-0.05, 0) is 36.4 Å². The molecular weight excluding hydrogens is 335 g/mol. The third-order valence-electron chi connectivity index (χ3n) is 4.62. The molecular formula is C19H19FN4O2. The maximum atomic E-state index is 13.0. The first-order chi connectivity index (χ1) is 12.7. The Hall–Kier alpha value is -3.09. The van der Waals surface area contributed by atoms with Gasteiger partial charge in [0, 0.05) is 37.3 Å². The van der Waals surface area contributed by atoms with Crippen molar-refractivity contribution < 1.29 is 13.7 Å². The van der Waals surface area contributed by atoms with Crippen LogP contribution in [0.25, 0.3) is 11.0 Å². The molecule has 2 heterocycles. The van der Waals surface area contributed by atoms with Crippen molar-refractivity contribution in [2.45, 2.75) is 6.54 Å². The Labute approximate surface area is 150 Å². The molecule has 3 aromatic rings. The lowest BCUT2D eigenvalue weighted by Gasteiger charge is -2.36. The second kappa shape index (κ2) is 7.03. The summed E-state index contributed by atoms with van der Waals surface area (Å²) in [5.41, 5.74) is 2.41. The molecule has 7 heteroatoms. The smallest absolute Gasteiger partial charge is 0.317 e. The summed E-state index contributed by atoms with van der Waals surface area (Å²) in [6, 6.07) is 13.9. The van der Waals surface area contributed by atoms with Crippen LogP contribution in [-0.2, 0) is 6.54 Å². The molecule has 0 spiro atoms. The van der Waals surface area contributed by atoms with Gasteiger partial charge < -0.3 is 19.6 Å². The van der Waals surface area contributed by atoms with E-state index in [9.17, 15) is 9.18 Å². The number of amides is 2. The van der Waals surface area contributed by atoms with E-state index in [1.165, 1.54) is 12.1 Å². The molecule has 0 aliphatic carbocycles. The molecule has 1 saturated heterocycles. The van der Waals surface area contributed by atoms with Crippen LogP contribution < -0.4 is 10.2 Å². The minimum atomic E-state index is -0.243. The van der Waals surface area contributed by atoms with E-state index >= 15 is 0 Å². The number of carbonyl (C=O) groups is 1. The lowest BCUT2D eigenvalue weighted by Crippen LogP contribution is -2.51. The Balaban J connectivity index is 1.31. The van der Waals surface area contributed by atoms with E-state index in [1.54, 1.807) is 17.0 Å². The van der Waals surface area contributed by atoms with Crippen LogP contribution in [0.1, 0.15) is 5.69 Å². The lowest BCUT2D eigenvalue weighted by molar-refractivity contribution is 0.193. The summed E-state index contributed by atoms with van der Waals surface area (Å²) in [6.07, 6.45) is 0. The first-order valence-electron chi connectivity index (χ1n) is 8.57. The normalized spacial score (nSPS) is 14.7. The first-order valence-corrected chi connectivity index (χ1v) is 8.57. The average molecular weight is 354 g/mol. The molecule has 0 bridgehead atoms. The SMILES string of the molecule is O=C(NCc1noc2ccccc12)N1CCN(c2ccc(F)cc2)CC1. The summed E-state index contributed by atoms with van der Waals surface area (Å²) >= 11 is 0. The van der Waals surface area contributed by atoms with Crippen molar-refractivity contribution in [2.75, 3.05) is 31.1 Å². The summed E-state index contributed by atoms with van der Waals surface area (Å²) in [5.74, 6) is -0.243. The van der Waals surface area contributed by atoms with Gasteiger partial charge in [0.15, 0.2) is 5.58 Å². The van der Waals surface area contributed by atoms with E-state index in [0.717, 1.165) is 16.8 Å². The Morgan fingerprint density at radius 1 is 1.08 bits per heavy atom. The number of carbonyl (C=O) groups excluding carboxylic acids is 1. The van der Waals surface area contributed by atoms with Crippen LogP contribution in [-0.4, -0.2) is 42.3 Å². The van der Waals surface area contributed by atoms with Gasteiger partial charge in [-0.1, -0.05) is 17.3 Å². The Bertz CT molecular complexity index is 901. The molecule has 0 saturated carbocycles. The third kappa shape index (κ3) is 3.33. The molecule has 134 valence electrons. The van der Waals surface area contributed by atoms with E-state index in [0.29, 0.717) is 38.3 Å². The molecule has 1 aliphatic heterocycles. The first kappa shape index (κ1) is 16.4. The number of para-hydroxylation sites is 1. The molecule has 4 rings (SSSR count). The molecule has 2 amide bonds. The number of fused-ring (bicyclic) bond motifs is 1. The van der Waals surface area contributed by atoms with Crippen molar-refractivity contribution in [3.8, 4) is 0 Å². The average Bonchev–Trinajstić information content (AvgIpc) is 3.10. The van der Waals surface area contributed by atoms with Crippen molar-refractivity contribution in [1.29, 1.82) is 0 Å². The molecule has 2 aromatic carbocycles. The van der Waals surface area contributed by atoms with Gasteiger partial charge in [-0.15, -0.1) is 0 Å². The van der Waals surface area contributed by atoms with Crippen molar-refractivity contribution in [1.82, 2.24) is 15.4 Å². The number of anilines is 1. The zero-order chi connectivity index (χ0) is 17.9. The van der Waals surface area contributed by atoms with E-state index in [4.69, 9.17) is 4.52 Å². The van der Waals surface area contributed by atoms with Crippen molar-refractivity contribution >= 4 is 22.7 Å². The highest BCUT2D eigenvalue weighted by molar-refractivity contribution is 5.80. The minimum absolute atomic E-state index is 0.115. The van der Waals surface area contributed by atoms with E-state index < -0.39 is 0 Å². The van der Waals surface area contributed by atoms with Gasteiger partial charge in [0.2, 0.25) is 0 Å². The highest BCUT2D eigenvalue weighted by Crippen LogP contribution is 2.18. The van der Waals surface area contributed by atoms with Crippen LogP contribution >= 0.6 is 0 Å². The fourth-order valence-electron chi connectivity index (χ4n) is 3.16. The number of rotatable bonds is 3. The van der Waals surface area contributed by atoms with Gasteiger partial charge in [-0.25, -0.2) is 9.18 Å². The summed E-state index contributed by atoms with van der Waals surface area (Å²) in [7, 11) is 0. The Morgan fingerprint density at radius 3 is 2.58 bits per heavy atom. The van der Waals surface area contributed by atoms with Crippen molar-refractivity contribution in [2.24, 2.45) is 0 Å². The fraction of sp³-hybridized carbons (Fsp3) is 0.263. The van der Waals surface area contributed by atoms with Gasteiger partial charge in [-0.3, -0.25) is 0 Å². The van der Waals surface area contributed by atoms with Gasteiger partial charge >= 0.3 is 6.03 Å². The zero-order valence-electron chi connectivity index (χ0n) is 14.2. The van der Waals surface area contributed by atoms with Gasteiger partial charge in [0.1, 0.15) is 11.5 Å². The Morgan fingerprint density at radius 2 is 1.81 bits per heavy atom. The monoisotopic (exact) mass is 354 g/mol. The summed E-state index contributed by atoms with van der Waals surface area (Å²) in [6.45, 7) is 2.98. The molecule has 26 heavy (non-hydrogen) atoms. The quantitative estimate of drug-likeness (QED) is 0.785. The van der Waals surface area contributed by atoms with Crippen LogP contribution in [0, 0.1) is 5.82 Å². The van der Waals surface area contributed by atoms with Crippen LogP contribution in [0.2, 0.25) is 0 Å². The molecule has 6 nitrogen and oxygen atoms in total. The number of nitrogens with one attached hydrogen (secondary N) is 1. The van der Waals surface area contributed by atoms with Crippen LogP contribution in [0.15, 0.2) is 53.1 Å². The number of halogens is 1. The fourth-order valence-corrected chi connectivity index (χ4v) is 3.16. The summed E-state index contributed by atoms with van der Waals surface area (Å²) < 4.78 is 18.3. The number of urea groups is 1. The lowest BCUT2D eigenvalue weighted by atomic mass is 10.2. The maximum Gasteiger partial charge on any atom is 0.317 e. The summed E-state index contributed by atoms with van der Waals surface area (Å²) in [4.78, 5) is 16.3. The number of aromatic nitrogens is 1. The molecule has 0 atom stereocenters. The molecule has 0 unspecified atom stereocenters. The third-order valence-corrected chi connectivity index (χ3v) is 4.62. The van der Waals surface area contributed by atoms with E-state index in [-0.39, 0.29) is 11.8 Å². The highest BCUT2D eigenvalue weighted by Gasteiger charge is 2.21. The second-order valence-corrected chi connectivity index (χ2v) is 6.23. The van der Waals surface area contributed by atoms with Crippen LogP contribution in [0.5, 0.6) is 0 Å². The van der Waals surface area contributed by atoms with Gasteiger partial charge in [0.05, 0.1) is 6.54 Å². The molecule has 1 aliphatic rings. The topological polar surface area (TPSA) is 61.6 Å². The standard InChI is InChI=1S/C19H19FN4O2/c20-14-5-7-15(8-6-14)23-9-11-24(12-10-23)19(25)21-13-17-16-3-1-2-4-18(16)26-22-17/h1-8H,9-13H2,(H,21,25). The highest BCUT2D eigenvalue weighted by atomic mass is 19.1. The zero-order valence-corrected chi connectivity index (χ0v) is 14.2. The molecule has 1 aromatic heterocycles. The van der Waals surface area contributed by atoms with Crippen molar-refractivity contribution in [3.63, 3.8) is 0 Å². The molecule has 0 radical (unpaired) electrons. The number of nitrogens with zero attached hydrogens (tertiary/aromatic N) is 3. The number of hydrogen-bond donors (Lipinski definition) is 1. The van der Waals surface area contributed by atoms with Crippen LogP contribution in [0.4, 0.5) is 14.9 Å². The molecule has 1 N–H and O–H groups in total. The number of benzene rings is 2. The second-order valence-electron chi connectivity index (χ2n) is 6.23. The molecule has 1 fully saturated rings. The number of piperazine rings is 1.